The molecular formula is C20H26O6. The van der Waals surface area contributed by atoms with Gasteiger partial charge in [0, 0.05) is 23.2 Å². The molecule has 0 aromatic heterocycles. The minimum Gasteiger partial charge on any atom is -0.461 e. The maximum Gasteiger partial charge on any atom is 0.315 e. The average molecular weight is 362 g/mol. The van der Waals surface area contributed by atoms with Gasteiger partial charge in [0.2, 0.25) is 0 Å². The number of hydrogen-bond donors (Lipinski definition) is 2. The first kappa shape index (κ1) is 16.0. The van der Waals surface area contributed by atoms with E-state index in [0.29, 0.717) is 18.6 Å². The van der Waals surface area contributed by atoms with Crippen LogP contribution in [0.4, 0.5) is 0 Å². The number of fused-ring (bicyclic) bond motifs is 4. The molecule has 26 heavy (non-hydrogen) atoms. The van der Waals surface area contributed by atoms with Crippen LogP contribution < -0.4 is 0 Å². The lowest BCUT2D eigenvalue weighted by Crippen LogP contribution is -2.70. The van der Waals surface area contributed by atoms with E-state index in [-0.39, 0.29) is 47.4 Å². The average Bonchev–Trinajstić information content (AvgIpc) is 3.25. The molecule has 0 aromatic rings. The Hall–Kier alpha value is -0.950. The largest absolute Gasteiger partial charge is 0.461 e. The maximum atomic E-state index is 13.2. The number of rotatable bonds is 0. The van der Waals surface area contributed by atoms with Crippen molar-refractivity contribution in [3.8, 4) is 0 Å². The highest BCUT2D eigenvalue weighted by Gasteiger charge is 2.83. The zero-order valence-corrected chi connectivity index (χ0v) is 15.2. The number of carbonyl (C=O) groups is 1. The smallest absolute Gasteiger partial charge is 0.315 e. The van der Waals surface area contributed by atoms with Gasteiger partial charge in [-0.05, 0) is 30.3 Å². The summed E-state index contributed by atoms with van der Waals surface area (Å²) in [5.41, 5.74) is -0.947. The van der Waals surface area contributed by atoms with E-state index in [0.717, 1.165) is 12.8 Å². The molecule has 3 aliphatic carbocycles. The molecule has 2 N–H and O–H groups in total. The zero-order valence-electron chi connectivity index (χ0n) is 15.2. The molecule has 6 nitrogen and oxygen atoms in total. The fraction of sp³-hybridized carbons (Fsp3) is 0.850. The summed E-state index contributed by atoms with van der Waals surface area (Å²) in [7, 11) is 0. The minimum atomic E-state index is -1.00. The Balaban J connectivity index is 1.59. The van der Waals surface area contributed by atoms with Gasteiger partial charge in [0.25, 0.3) is 0 Å². The van der Waals surface area contributed by atoms with Crippen LogP contribution in [-0.4, -0.2) is 53.5 Å². The van der Waals surface area contributed by atoms with E-state index in [1.54, 1.807) is 0 Å². The van der Waals surface area contributed by atoms with Gasteiger partial charge in [-0.25, -0.2) is 0 Å². The van der Waals surface area contributed by atoms with Crippen molar-refractivity contribution in [2.45, 2.75) is 63.8 Å². The minimum absolute atomic E-state index is 0.0223. The highest BCUT2D eigenvalue weighted by atomic mass is 16.6. The van der Waals surface area contributed by atoms with Gasteiger partial charge in [-0.2, -0.15) is 0 Å². The van der Waals surface area contributed by atoms with Gasteiger partial charge < -0.3 is 24.4 Å². The summed E-state index contributed by atoms with van der Waals surface area (Å²) in [4.78, 5) is 13.2. The summed E-state index contributed by atoms with van der Waals surface area (Å²) in [6.07, 6.45) is 0.0438. The van der Waals surface area contributed by atoms with E-state index in [4.69, 9.17) is 14.2 Å². The number of aliphatic hydroxyl groups is 2. The molecule has 2 spiro atoms. The second kappa shape index (κ2) is 4.37. The Labute approximate surface area is 152 Å². The van der Waals surface area contributed by atoms with Crippen molar-refractivity contribution in [2.24, 2.45) is 34.0 Å². The highest BCUT2D eigenvalue weighted by molar-refractivity contribution is 5.82. The van der Waals surface area contributed by atoms with E-state index >= 15 is 0 Å². The van der Waals surface area contributed by atoms with Crippen LogP contribution in [0.15, 0.2) is 12.2 Å². The molecule has 3 aliphatic heterocycles. The fourth-order valence-electron chi connectivity index (χ4n) is 7.80. The molecule has 0 amide bonds. The van der Waals surface area contributed by atoms with Gasteiger partial charge in [0.15, 0.2) is 6.29 Å². The van der Waals surface area contributed by atoms with Gasteiger partial charge in [0.1, 0.15) is 11.5 Å². The predicted molar refractivity (Wildman–Crippen MR) is 88.6 cm³/mol. The number of carbonyl (C=O) groups excluding carboxylic acids is 1. The van der Waals surface area contributed by atoms with E-state index in [1.807, 2.05) is 0 Å². The molecular weight excluding hydrogens is 336 g/mol. The van der Waals surface area contributed by atoms with Crippen molar-refractivity contribution in [3.05, 3.63) is 12.2 Å². The third-order valence-corrected chi connectivity index (χ3v) is 8.78. The van der Waals surface area contributed by atoms with Crippen molar-refractivity contribution in [2.75, 3.05) is 6.61 Å². The van der Waals surface area contributed by atoms with E-state index in [1.165, 1.54) is 0 Å². The molecule has 142 valence electrons. The summed E-state index contributed by atoms with van der Waals surface area (Å²) in [5.74, 6) is -0.623. The quantitative estimate of drug-likeness (QED) is 0.380. The normalized spacial score (nSPS) is 61.2. The molecule has 3 saturated carbocycles. The van der Waals surface area contributed by atoms with Crippen LogP contribution in [-0.2, 0) is 19.0 Å². The second-order valence-corrected chi connectivity index (χ2v) is 10.1. The Kier molecular flexibility index (Phi) is 2.70. The third-order valence-electron chi connectivity index (χ3n) is 8.78. The first-order valence-corrected chi connectivity index (χ1v) is 9.78. The van der Waals surface area contributed by atoms with Gasteiger partial charge in [-0.15, -0.1) is 0 Å². The van der Waals surface area contributed by atoms with Crippen LogP contribution in [0.5, 0.6) is 0 Å². The number of aliphatic hydroxyl groups excluding tert-OH is 2. The summed E-state index contributed by atoms with van der Waals surface area (Å²) < 4.78 is 17.9. The van der Waals surface area contributed by atoms with Crippen LogP contribution in [0.1, 0.15) is 33.1 Å². The van der Waals surface area contributed by atoms with Gasteiger partial charge in [-0.1, -0.05) is 20.4 Å². The molecule has 10 unspecified atom stereocenters. The lowest BCUT2D eigenvalue weighted by atomic mass is 9.44. The Morgan fingerprint density at radius 3 is 2.73 bits per heavy atom. The van der Waals surface area contributed by atoms with E-state index in [9.17, 15) is 15.0 Å². The van der Waals surface area contributed by atoms with Crippen molar-refractivity contribution in [3.63, 3.8) is 0 Å². The Bertz CT molecular complexity index is 732. The van der Waals surface area contributed by atoms with Crippen molar-refractivity contribution in [1.82, 2.24) is 0 Å². The topological polar surface area (TPSA) is 88.5 Å². The van der Waals surface area contributed by atoms with Crippen LogP contribution in [0, 0.1) is 34.0 Å². The molecule has 3 saturated heterocycles. The summed E-state index contributed by atoms with van der Waals surface area (Å²) in [6.45, 7) is 8.77. The molecule has 0 aromatic carbocycles. The molecule has 6 heteroatoms. The van der Waals surface area contributed by atoms with E-state index in [2.05, 4.69) is 20.4 Å². The number of ether oxygens (including phenoxy) is 3. The summed E-state index contributed by atoms with van der Waals surface area (Å²) in [6, 6.07) is 0. The molecule has 6 rings (SSSR count). The van der Waals surface area contributed by atoms with E-state index < -0.39 is 23.2 Å². The summed E-state index contributed by atoms with van der Waals surface area (Å²) >= 11 is 0. The van der Waals surface area contributed by atoms with Crippen LogP contribution in [0.2, 0.25) is 0 Å². The van der Waals surface area contributed by atoms with Crippen molar-refractivity contribution < 1.29 is 29.2 Å². The lowest BCUT2D eigenvalue weighted by Gasteiger charge is -2.62. The number of epoxide rings is 1. The lowest BCUT2D eigenvalue weighted by molar-refractivity contribution is -0.248. The molecule has 3 heterocycles. The van der Waals surface area contributed by atoms with Gasteiger partial charge in [0.05, 0.1) is 24.9 Å². The predicted octanol–water partition coefficient (Wildman–Crippen LogP) is 1.00. The number of esters is 1. The van der Waals surface area contributed by atoms with Crippen LogP contribution >= 0.6 is 0 Å². The Morgan fingerprint density at radius 1 is 1.19 bits per heavy atom. The summed E-state index contributed by atoms with van der Waals surface area (Å²) in [5, 5.41) is 21.9. The fourth-order valence-corrected chi connectivity index (χ4v) is 7.80. The van der Waals surface area contributed by atoms with Gasteiger partial charge >= 0.3 is 5.97 Å². The van der Waals surface area contributed by atoms with Crippen molar-refractivity contribution in [1.29, 1.82) is 0 Å². The molecule has 10 atom stereocenters. The molecule has 2 bridgehead atoms. The maximum absolute atomic E-state index is 13.2. The van der Waals surface area contributed by atoms with Crippen molar-refractivity contribution >= 4 is 5.97 Å². The first-order valence-electron chi connectivity index (χ1n) is 9.78. The van der Waals surface area contributed by atoms with Crippen LogP contribution in [0.3, 0.4) is 0 Å². The standard InChI is InChI=1S/C20H26O6/c1-8-9-6-19(15(8)21)13(12-11(9)26-12)20-7-24-16(22)14(20)18(2,3)5-4-10(20)25-17(19)23/h9-16,21-22H,1,4-7H2,2-3H3. The van der Waals surface area contributed by atoms with Crippen LogP contribution in [0.25, 0.3) is 0 Å². The molecule has 6 aliphatic rings. The SMILES string of the molecule is C=C1C2CC3(C(=O)OC4CCC(C)(C)C5C(O)OCC45C3C3OC23)C1O. The monoisotopic (exact) mass is 362 g/mol. The first-order chi connectivity index (χ1) is 12.2. The van der Waals surface area contributed by atoms with Gasteiger partial charge in [-0.3, -0.25) is 4.79 Å². The second-order valence-electron chi connectivity index (χ2n) is 10.1. The highest BCUT2D eigenvalue weighted by Crippen LogP contribution is 2.75. The molecule has 0 radical (unpaired) electrons. The zero-order chi connectivity index (χ0) is 18.2. The molecule has 6 fully saturated rings. The third kappa shape index (κ3) is 1.45. The number of hydrogen-bond acceptors (Lipinski definition) is 6. The Morgan fingerprint density at radius 2 is 1.96 bits per heavy atom.